The van der Waals surface area contributed by atoms with Gasteiger partial charge in [0.2, 0.25) is 0 Å². The lowest BCUT2D eigenvalue weighted by Crippen LogP contribution is -2.22. The number of hydrogen-bond acceptors (Lipinski definition) is 2. The molecule has 0 aliphatic carbocycles. The summed E-state index contributed by atoms with van der Waals surface area (Å²) in [4.78, 5) is 0. The van der Waals surface area contributed by atoms with E-state index in [2.05, 4.69) is 13.0 Å². The fourth-order valence-corrected chi connectivity index (χ4v) is 1.60. The van der Waals surface area contributed by atoms with Gasteiger partial charge in [0.15, 0.2) is 0 Å². The quantitative estimate of drug-likeness (QED) is 0.824. The lowest BCUT2D eigenvalue weighted by molar-refractivity contribution is 0.215. The zero-order valence-corrected chi connectivity index (χ0v) is 10.0. The van der Waals surface area contributed by atoms with Crippen LogP contribution in [0, 0.1) is 0 Å². The van der Waals surface area contributed by atoms with Gasteiger partial charge in [-0.2, -0.15) is 0 Å². The minimum atomic E-state index is -0.252. The van der Waals surface area contributed by atoms with E-state index in [0.717, 1.165) is 17.7 Å². The maximum atomic E-state index is 9.34. The van der Waals surface area contributed by atoms with Crippen LogP contribution in [0.25, 0.3) is 0 Å². The number of aliphatic hydroxyl groups excluding tert-OH is 1. The lowest BCUT2D eigenvalue weighted by atomic mass is 9.84. The Morgan fingerprint density at radius 3 is 2.47 bits per heavy atom. The average Bonchev–Trinajstić information content (AvgIpc) is 2.28. The molecule has 0 aliphatic heterocycles. The zero-order chi connectivity index (χ0) is 11.5. The van der Waals surface area contributed by atoms with Gasteiger partial charge in [0.05, 0.1) is 13.7 Å². The second-order valence-corrected chi connectivity index (χ2v) is 4.43. The van der Waals surface area contributed by atoms with Gasteiger partial charge in [0, 0.05) is 11.0 Å². The van der Waals surface area contributed by atoms with E-state index in [-0.39, 0.29) is 12.0 Å². The van der Waals surface area contributed by atoms with Gasteiger partial charge in [-0.05, 0) is 18.1 Å². The molecule has 15 heavy (non-hydrogen) atoms. The van der Waals surface area contributed by atoms with Crippen molar-refractivity contribution >= 4 is 0 Å². The minimum Gasteiger partial charge on any atom is -0.496 e. The van der Waals surface area contributed by atoms with E-state index >= 15 is 0 Å². The first kappa shape index (κ1) is 12.1. The van der Waals surface area contributed by atoms with Crippen molar-refractivity contribution in [3.8, 4) is 5.75 Å². The number of aliphatic hydroxyl groups is 1. The summed E-state index contributed by atoms with van der Waals surface area (Å²) < 4.78 is 5.36. The van der Waals surface area contributed by atoms with Crippen molar-refractivity contribution in [3.05, 3.63) is 29.3 Å². The molecular weight excluding hydrogens is 188 g/mol. The number of aryl methyl sites for hydroxylation is 1. The molecule has 1 N–H and O–H groups in total. The monoisotopic (exact) mass is 208 g/mol. The average molecular weight is 208 g/mol. The Morgan fingerprint density at radius 2 is 2.00 bits per heavy atom. The smallest absolute Gasteiger partial charge is 0.122 e. The first-order valence-corrected chi connectivity index (χ1v) is 5.33. The zero-order valence-electron chi connectivity index (χ0n) is 10.0. The SMILES string of the molecule is CCc1ccc(C(C)(C)CO)c(OC)c1. The molecule has 1 aromatic rings. The molecule has 0 bridgehead atoms. The molecule has 1 rings (SSSR count). The third-order valence-electron chi connectivity index (χ3n) is 2.80. The van der Waals surface area contributed by atoms with E-state index in [9.17, 15) is 5.11 Å². The summed E-state index contributed by atoms with van der Waals surface area (Å²) in [5, 5.41) is 9.34. The Hall–Kier alpha value is -1.02. The van der Waals surface area contributed by atoms with Gasteiger partial charge in [-0.3, -0.25) is 0 Å². The number of ether oxygens (including phenoxy) is 1. The maximum Gasteiger partial charge on any atom is 0.122 e. The van der Waals surface area contributed by atoms with Crippen molar-refractivity contribution in [2.45, 2.75) is 32.6 Å². The van der Waals surface area contributed by atoms with Gasteiger partial charge >= 0.3 is 0 Å². The van der Waals surface area contributed by atoms with Gasteiger partial charge in [0.25, 0.3) is 0 Å². The van der Waals surface area contributed by atoms with Crippen LogP contribution in [0.2, 0.25) is 0 Å². The Bertz CT molecular complexity index is 329. The topological polar surface area (TPSA) is 29.5 Å². The summed E-state index contributed by atoms with van der Waals surface area (Å²) in [7, 11) is 1.67. The van der Waals surface area contributed by atoms with Crippen molar-refractivity contribution in [2.24, 2.45) is 0 Å². The maximum absolute atomic E-state index is 9.34. The molecule has 0 heterocycles. The summed E-state index contributed by atoms with van der Waals surface area (Å²) in [6.45, 7) is 6.26. The Labute approximate surface area is 91.9 Å². The normalized spacial score (nSPS) is 11.5. The van der Waals surface area contributed by atoms with Crippen LogP contribution in [0.5, 0.6) is 5.75 Å². The van der Waals surface area contributed by atoms with Crippen LogP contribution in [0.4, 0.5) is 0 Å². The fourth-order valence-electron chi connectivity index (χ4n) is 1.60. The second-order valence-electron chi connectivity index (χ2n) is 4.43. The van der Waals surface area contributed by atoms with Crippen molar-refractivity contribution in [1.82, 2.24) is 0 Å². The first-order chi connectivity index (χ1) is 7.05. The van der Waals surface area contributed by atoms with Crippen LogP contribution in [-0.2, 0) is 11.8 Å². The molecule has 0 saturated carbocycles. The lowest BCUT2D eigenvalue weighted by Gasteiger charge is -2.25. The van der Waals surface area contributed by atoms with Crippen molar-refractivity contribution in [2.75, 3.05) is 13.7 Å². The second kappa shape index (κ2) is 4.67. The van der Waals surface area contributed by atoms with E-state index in [4.69, 9.17) is 4.74 Å². The van der Waals surface area contributed by atoms with Crippen molar-refractivity contribution < 1.29 is 9.84 Å². The molecule has 0 aliphatic rings. The third kappa shape index (κ3) is 2.51. The molecule has 0 spiro atoms. The molecule has 0 radical (unpaired) electrons. The highest BCUT2D eigenvalue weighted by atomic mass is 16.5. The van der Waals surface area contributed by atoms with Crippen LogP contribution >= 0.6 is 0 Å². The summed E-state index contributed by atoms with van der Waals surface area (Å²) >= 11 is 0. The standard InChI is InChI=1S/C13H20O2/c1-5-10-6-7-11(12(8-10)15-4)13(2,3)9-14/h6-8,14H,5,9H2,1-4H3. The third-order valence-corrected chi connectivity index (χ3v) is 2.80. The van der Waals surface area contributed by atoms with Gasteiger partial charge in [-0.25, -0.2) is 0 Å². The molecule has 1 aromatic carbocycles. The highest BCUT2D eigenvalue weighted by Gasteiger charge is 2.23. The molecule has 84 valence electrons. The van der Waals surface area contributed by atoms with Crippen molar-refractivity contribution in [1.29, 1.82) is 0 Å². The number of methoxy groups -OCH3 is 1. The fraction of sp³-hybridized carbons (Fsp3) is 0.538. The summed E-state index contributed by atoms with van der Waals surface area (Å²) in [5.74, 6) is 0.869. The molecule has 0 fully saturated rings. The number of hydrogen-bond donors (Lipinski definition) is 1. The molecule has 0 atom stereocenters. The van der Waals surface area contributed by atoms with Crippen LogP contribution in [0.15, 0.2) is 18.2 Å². The number of rotatable bonds is 4. The van der Waals surface area contributed by atoms with Crippen LogP contribution in [0.1, 0.15) is 31.9 Å². The molecule has 0 aromatic heterocycles. The van der Waals surface area contributed by atoms with Crippen LogP contribution in [-0.4, -0.2) is 18.8 Å². The van der Waals surface area contributed by atoms with Crippen LogP contribution in [0.3, 0.4) is 0 Å². The summed E-state index contributed by atoms with van der Waals surface area (Å²) in [6.07, 6.45) is 0.996. The Morgan fingerprint density at radius 1 is 1.33 bits per heavy atom. The van der Waals surface area contributed by atoms with E-state index in [0.29, 0.717) is 0 Å². The van der Waals surface area contributed by atoms with E-state index in [1.807, 2.05) is 26.0 Å². The van der Waals surface area contributed by atoms with Gasteiger partial charge in [-0.15, -0.1) is 0 Å². The highest BCUT2D eigenvalue weighted by Crippen LogP contribution is 2.32. The predicted molar refractivity (Wildman–Crippen MR) is 62.5 cm³/mol. The number of benzene rings is 1. The van der Waals surface area contributed by atoms with Gasteiger partial charge in [-0.1, -0.05) is 32.9 Å². The predicted octanol–water partition coefficient (Wildman–Crippen LogP) is 2.53. The van der Waals surface area contributed by atoms with Gasteiger partial charge < -0.3 is 9.84 Å². The van der Waals surface area contributed by atoms with Gasteiger partial charge in [0.1, 0.15) is 5.75 Å². The summed E-state index contributed by atoms with van der Waals surface area (Å²) in [5.41, 5.74) is 2.06. The van der Waals surface area contributed by atoms with E-state index in [1.54, 1.807) is 7.11 Å². The first-order valence-electron chi connectivity index (χ1n) is 5.33. The Kier molecular flexibility index (Phi) is 3.75. The van der Waals surface area contributed by atoms with Crippen LogP contribution < -0.4 is 4.74 Å². The molecular formula is C13H20O2. The largest absolute Gasteiger partial charge is 0.496 e. The van der Waals surface area contributed by atoms with Crippen molar-refractivity contribution in [3.63, 3.8) is 0 Å². The molecule has 0 unspecified atom stereocenters. The van der Waals surface area contributed by atoms with E-state index in [1.165, 1.54) is 5.56 Å². The Balaban J connectivity index is 3.18. The highest BCUT2D eigenvalue weighted by molar-refractivity contribution is 5.42. The molecule has 2 heteroatoms. The molecule has 0 saturated heterocycles. The van der Waals surface area contributed by atoms with E-state index < -0.39 is 0 Å². The molecule has 0 amide bonds. The summed E-state index contributed by atoms with van der Waals surface area (Å²) in [6, 6.07) is 6.19. The minimum absolute atomic E-state index is 0.120. The molecule has 2 nitrogen and oxygen atoms in total.